The van der Waals surface area contributed by atoms with E-state index in [2.05, 4.69) is 29.8 Å². The summed E-state index contributed by atoms with van der Waals surface area (Å²) >= 11 is 3.43. The summed E-state index contributed by atoms with van der Waals surface area (Å²) in [7, 11) is 0. The first-order valence-electron chi connectivity index (χ1n) is 5.39. The fourth-order valence-corrected chi connectivity index (χ4v) is 1.68. The van der Waals surface area contributed by atoms with Crippen LogP contribution in [0.1, 0.15) is 19.4 Å². The van der Waals surface area contributed by atoms with E-state index in [4.69, 9.17) is 10.5 Å². The Bertz CT molecular complexity index is 427. The Morgan fingerprint density at radius 3 is 2.76 bits per heavy atom. The summed E-state index contributed by atoms with van der Waals surface area (Å²) in [6, 6.07) is 5.63. The van der Waals surface area contributed by atoms with Gasteiger partial charge in [0.25, 0.3) is 0 Å². The molecule has 1 amide bonds. The van der Waals surface area contributed by atoms with Crippen LogP contribution in [0.4, 0.5) is 0 Å². The summed E-state index contributed by atoms with van der Waals surface area (Å²) in [5.41, 5.74) is 5.92. The molecule has 92 valence electrons. The Kier molecular flexibility index (Phi) is 5.22. The van der Waals surface area contributed by atoms with Gasteiger partial charge in [0.2, 0.25) is 5.91 Å². The van der Waals surface area contributed by atoms with Crippen LogP contribution < -0.4 is 10.5 Å². The predicted octanol–water partition coefficient (Wildman–Crippen LogP) is 2.98. The molecule has 0 spiro atoms. The van der Waals surface area contributed by atoms with Crippen molar-refractivity contribution in [3.63, 3.8) is 0 Å². The normalized spacial score (nSPS) is 11.1. The highest BCUT2D eigenvalue weighted by atomic mass is 79.9. The van der Waals surface area contributed by atoms with Crippen LogP contribution in [0.3, 0.4) is 0 Å². The van der Waals surface area contributed by atoms with Crippen molar-refractivity contribution in [2.24, 2.45) is 11.7 Å². The molecule has 0 heterocycles. The Labute approximate surface area is 110 Å². The van der Waals surface area contributed by atoms with Gasteiger partial charge in [-0.05, 0) is 45.6 Å². The maximum atomic E-state index is 10.6. The highest BCUT2D eigenvalue weighted by molar-refractivity contribution is 9.10. The van der Waals surface area contributed by atoms with Gasteiger partial charge in [-0.1, -0.05) is 19.9 Å². The zero-order valence-electron chi connectivity index (χ0n) is 9.94. The summed E-state index contributed by atoms with van der Waals surface area (Å²) in [6.07, 6.45) is 3.00. The molecule has 0 aliphatic carbocycles. The van der Waals surface area contributed by atoms with Crippen molar-refractivity contribution in [3.05, 3.63) is 34.3 Å². The lowest BCUT2D eigenvalue weighted by Crippen LogP contribution is -2.05. The SMILES string of the molecule is CC(C)COc1ccc(/C=C/C(N)=O)cc1Br. The van der Waals surface area contributed by atoms with Crippen LogP contribution in [0, 0.1) is 5.92 Å². The number of hydrogen-bond acceptors (Lipinski definition) is 2. The molecule has 2 N–H and O–H groups in total. The predicted molar refractivity (Wildman–Crippen MR) is 72.7 cm³/mol. The Hall–Kier alpha value is -1.29. The third-order valence-corrected chi connectivity index (χ3v) is 2.59. The molecular weight excluding hydrogens is 282 g/mol. The number of primary amides is 1. The minimum absolute atomic E-state index is 0.457. The zero-order chi connectivity index (χ0) is 12.8. The monoisotopic (exact) mass is 297 g/mol. The topological polar surface area (TPSA) is 52.3 Å². The molecule has 1 rings (SSSR count). The minimum Gasteiger partial charge on any atom is -0.492 e. The summed E-state index contributed by atoms with van der Waals surface area (Å²) in [5, 5.41) is 0. The van der Waals surface area contributed by atoms with Crippen LogP contribution in [0.5, 0.6) is 5.75 Å². The molecule has 0 saturated carbocycles. The molecule has 0 aromatic heterocycles. The van der Waals surface area contributed by atoms with Crippen molar-refractivity contribution < 1.29 is 9.53 Å². The van der Waals surface area contributed by atoms with Gasteiger partial charge in [-0.2, -0.15) is 0 Å². The van der Waals surface area contributed by atoms with E-state index in [1.165, 1.54) is 6.08 Å². The summed E-state index contributed by atoms with van der Waals surface area (Å²) in [4.78, 5) is 10.6. The molecule has 0 unspecified atom stereocenters. The molecule has 3 nitrogen and oxygen atoms in total. The highest BCUT2D eigenvalue weighted by Crippen LogP contribution is 2.26. The average molecular weight is 298 g/mol. The number of hydrogen-bond donors (Lipinski definition) is 1. The molecule has 1 aromatic carbocycles. The summed E-state index contributed by atoms with van der Waals surface area (Å²) in [6.45, 7) is 4.87. The Morgan fingerprint density at radius 2 is 2.24 bits per heavy atom. The maximum Gasteiger partial charge on any atom is 0.241 e. The molecule has 1 aromatic rings. The van der Waals surface area contributed by atoms with Crippen LogP contribution in [0.15, 0.2) is 28.7 Å². The molecule has 0 aliphatic rings. The molecular formula is C13H16BrNO2. The van der Waals surface area contributed by atoms with E-state index in [0.29, 0.717) is 12.5 Å². The van der Waals surface area contributed by atoms with E-state index in [-0.39, 0.29) is 0 Å². The van der Waals surface area contributed by atoms with E-state index < -0.39 is 5.91 Å². The third-order valence-electron chi connectivity index (χ3n) is 1.97. The fraction of sp³-hybridized carbons (Fsp3) is 0.308. The van der Waals surface area contributed by atoms with Crippen LogP contribution in [-0.4, -0.2) is 12.5 Å². The first-order valence-corrected chi connectivity index (χ1v) is 6.18. The molecule has 4 heteroatoms. The number of amides is 1. The van der Waals surface area contributed by atoms with E-state index in [1.54, 1.807) is 6.08 Å². The highest BCUT2D eigenvalue weighted by Gasteiger charge is 2.03. The standard InChI is InChI=1S/C13H16BrNO2/c1-9(2)8-17-12-5-3-10(7-11(12)14)4-6-13(15)16/h3-7,9H,8H2,1-2H3,(H2,15,16)/b6-4+. The lowest BCUT2D eigenvalue weighted by Gasteiger charge is -2.10. The zero-order valence-corrected chi connectivity index (χ0v) is 11.5. The third kappa shape index (κ3) is 5.04. The molecule has 0 radical (unpaired) electrons. The lowest BCUT2D eigenvalue weighted by atomic mass is 10.2. The van der Waals surface area contributed by atoms with Gasteiger partial charge < -0.3 is 10.5 Å². The van der Waals surface area contributed by atoms with Gasteiger partial charge in [0.05, 0.1) is 11.1 Å². The van der Waals surface area contributed by atoms with Gasteiger partial charge in [-0.3, -0.25) is 4.79 Å². The molecule has 17 heavy (non-hydrogen) atoms. The van der Waals surface area contributed by atoms with Crippen molar-refractivity contribution >= 4 is 27.9 Å². The van der Waals surface area contributed by atoms with Crippen LogP contribution in [-0.2, 0) is 4.79 Å². The number of ether oxygens (including phenoxy) is 1. The Morgan fingerprint density at radius 1 is 1.53 bits per heavy atom. The van der Waals surface area contributed by atoms with Crippen molar-refractivity contribution in [3.8, 4) is 5.75 Å². The van der Waals surface area contributed by atoms with E-state index in [0.717, 1.165) is 15.8 Å². The number of carbonyl (C=O) groups is 1. The number of rotatable bonds is 5. The van der Waals surface area contributed by atoms with E-state index in [1.807, 2.05) is 18.2 Å². The van der Waals surface area contributed by atoms with Gasteiger partial charge in [-0.25, -0.2) is 0 Å². The first-order chi connectivity index (χ1) is 7.99. The lowest BCUT2D eigenvalue weighted by molar-refractivity contribution is -0.113. The molecule has 0 aliphatic heterocycles. The summed E-state index contributed by atoms with van der Waals surface area (Å²) < 4.78 is 6.48. The minimum atomic E-state index is -0.457. The first kappa shape index (κ1) is 13.8. The largest absolute Gasteiger partial charge is 0.492 e. The molecule has 0 fully saturated rings. The van der Waals surface area contributed by atoms with Gasteiger partial charge in [0, 0.05) is 6.08 Å². The van der Waals surface area contributed by atoms with Crippen molar-refractivity contribution in [1.29, 1.82) is 0 Å². The van der Waals surface area contributed by atoms with Crippen LogP contribution in [0.2, 0.25) is 0 Å². The summed E-state index contributed by atoms with van der Waals surface area (Å²) in [5.74, 6) is 0.826. The maximum absolute atomic E-state index is 10.6. The quantitative estimate of drug-likeness (QED) is 0.850. The number of carbonyl (C=O) groups excluding carboxylic acids is 1. The van der Waals surface area contributed by atoms with E-state index >= 15 is 0 Å². The van der Waals surface area contributed by atoms with Gasteiger partial charge in [-0.15, -0.1) is 0 Å². The average Bonchev–Trinajstić information content (AvgIpc) is 2.24. The second kappa shape index (κ2) is 6.45. The molecule has 0 atom stereocenters. The van der Waals surface area contributed by atoms with Crippen LogP contribution >= 0.6 is 15.9 Å². The number of halogens is 1. The van der Waals surface area contributed by atoms with Crippen molar-refractivity contribution in [2.75, 3.05) is 6.61 Å². The second-order valence-electron chi connectivity index (χ2n) is 4.13. The number of nitrogens with two attached hydrogens (primary N) is 1. The van der Waals surface area contributed by atoms with E-state index in [9.17, 15) is 4.79 Å². The van der Waals surface area contributed by atoms with Crippen molar-refractivity contribution in [1.82, 2.24) is 0 Å². The van der Waals surface area contributed by atoms with Crippen molar-refractivity contribution in [2.45, 2.75) is 13.8 Å². The van der Waals surface area contributed by atoms with Gasteiger partial charge >= 0.3 is 0 Å². The number of benzene rings is 1. The van der Waals surface area contributed by atoms with Crippen LogP contribution in [0.25, 0.3) is 6.08 Å². The Balaban J connectivity index is 2.75. The smallest absolute Gasteiger partial charge is 0.241 e. The molecule has 0 bridgehead atoms. The fourth-order valence-electron chi connectivity index (χ4n) is 1.17. The van der Waals surface area contributed by atoms with Gasteiger partial charge in [0.1, 0.15) is 5.75 Å². The second-order valence-corrected chi connectivity index (χ2v) is 4.98. The molecule has 0 saturated heterocycles. The van der Waals surface area contributed by atoms with Gasteiger partial charge in [0.15, 0.2) is 0 Å².